The second kappa shape index (κ2) is 10.8. The lowest BCUT2D eigenvalue weighted by atomic mass is 10.0. The van der Waals surface area contributed by atoms with Gasteiger partial charge in [0, 0.05) is 44.5 Å². The van der Waals surface area contributed by atoms with Crippen molar-refractivity contribution in [3.05, 3.63) is 142 Å². The van der Waals surface area contributed by atoms with Crippen molar-refractivity contribution in [2.45, 2.75) is 0 Å². The van der Waals surface area contributed by atoms with Gasteiger partial charge in [-0.3, -0.25) is 0 Å². The number of benzene rings is 4. The average molecular weight is 427 g/mol. The first-order valence-corrected chi connectivity index (χ1v) is 10.6. The standard InChI is InChI=1S/C34H18/c1-3-31-25-29(17-15-27-11-7-5-8-12-27)19-21-33(31)23-24-34-22-20-30(26-32(34)4-2)18-16-28-13-9-6-10-14-28/h1-2,5-14,19-22,25-26H. The van der Waals surface area contributed by atoms with Gasteiger partial charge >= 0.3 is 0 Å². The van der Waals surface area contributed by atoms with Crippen molar-refractivity contribution in [3.63, 3.8) is 0 Å². The van der Waals surface area contributed by atoms with Crippen LogP contribution in [0.4, 0.5) is 0 Å². The molecule has 0 unspecified atom stereocenters. The van der Waals surface area contributed by atoms with Gasteiger partial charge in [0.25, 0.3) is 0 Å². The Labute approximate surface area is 201 Å². The first-order valence-electron chi connectivity index (χ1n) is 10.6. The molecule has 4 aromatic carbocycles. The van der Waals surface area contributed by atoms with Crippen LogP contribution in [0.1, 0.15) is 44.5 Å². The molecule has 0 aliphatic rings. The molecule has 0 bridgehead atoms. The van der Waals surface area contributed by atoms with Gasteiger partial charge in [-0.15, -0.1) is 12.8 Å². The van der Waals surface area contributed by atoms with E-state index >= 15 is 0 Å². The van der Waals surface area contributed by atoms with Crippen molar-refractivity contribution in [2.75, 3.05) is 0 Å². The second-order valence-electron chi connectivity index (χ2n) is 7.29. The molecule has 0 heterocycles. The quantitative estimate of drug-likeness (QED) is 0.310. The van der Waals surface area contributed by atoms with Crippen LogP contribution in [0.15, 0.2) is 97.1 Å². The summed E-state index contributed by atoms with van der Waals surface area (Å²) in [5.41, 5.74) is 6.48. The van der Waals surface area contributed by atoms with Crippen LogP contribution in [0.2, 0.25) is 0 Å². The van der Waals surface area contributed by atoms with Gasteiger partial charge in [-0.25, -0.2) is 0 Å². The summed E-state index contributed by atoms with van der Waals surface area (Å²) < 4.78 is 0. The molecule has 0 fully saturated rings. The van der Waals surface area contributed by atoms with Crippen LogP contribution in [0.25, 0.3) is 0 Å². The Kier molecular flexibility index (Phi) is 6.97. The van der Waals surface area contributed by atoms with Gasteiger partial charge in [-0.1, -0.05) is 83.8 Å². The van der Waals surface area contributed by atoms with E-state index in [0.717, 1.165) is 33.4 Å². The lowest BCUT2D eigenvalue weighted by Crippen LogP contribution is -1.88. The molecule has 0 saturated carbocycles. The third-order valence-corrected chi connectivity index (χ3v) is 4.93. The maximum atomic E-state index is 5.74. The SMILES string of the molecule is C#Cc1cc(C#Cc2ccccc2)ccc1C#Cc1ccc(C#Cc2ccccc2)cc1C#C. The van der Waals surface area contributed by atoms with E-state index in [1.165, 1.54) is 0 Å². The summed E-state index contributed by atoms with van der Waals surface area (Å²) in [4.78, 5) is 0. The maximum absolute atomic E-state index is 5.74. The minimum Gasteiger partial charge on any atom is -0.115 e. The highest BCUT2D eigenvalue weighted by Crippen LogP contribution is 2.13. The third kappa shape index (κ3) is 5.68. The van der Waals surface area contributed by atoms with Gasteiger partial charge in [-0.2, -0.15) is 0 Å². The minimum atomic E-state index is 0.694. The highest BCUT2D eigenvalue weighted by Gasteiger charge is 2.01. The van der Waals surface area contributed by atoms with Crippen molar-refractivity contribution in [1.82, 2.24) is 0 Å². The molecule has 4 aromatic rings. The largest absolute Gasteiger partial charge is 0.115 e. The summed E-state index contributed by atoms with van der Waals surface area (Å²) >= 11 is 0. The molecular formula is C34H18. The molecule has 0 heteroatoms. The summed E-state index contributed by atoms with van der Waals surface area (Å²) in [6, 6.07) is 31.0. The van der Waals surface area contributed by atoms with Crippen LogP contribution in [0.5, 0.6) is 0 Å². The van der Waals surface area contributed by atoms with Crippen LogP contribution in [0.3, 0.4) is 0 Å². The van der Waals surface area contributed by atoms with E-state index in [2.05, 4.69) is 47.4 Å². The summed E-state index contributed by atoms with van der Waals surface area (Å²) in [5.74, 6) is 24.3. The van der Waals surface area contributed by atoms with E-state index in [-0.39, 0.29) is 0 Å². The maximum Gasteiger partial charge on any atom is 0.0411 e. The molecule has 0 aliphatic heterocycles. The van der Waals surface area contributed by atoms with Crippen LogP contribution >= 0.6 is 0 Å². The Hall–Kier alpha value is -5.32. The lowest BCUT2D eigenvalue weighted by molar-refractivity contribution is 1.53. The fourth-order valence-corrected chi connectivity index (χ4v) is 3.17. The Morgan fingerprint density at radius 3 is 1.12 bits per heavy atom. The topological polar surface area (TPSA) is 0 Å². The zero-order valence-corrected chi connectivity index (χ0v) is 18.4. The molecular weight excluding hydrogens is 408 g/mol. The molecule has 0 aromatic heterocycles. The first-order chi connectivity index (χ1) is 16.7. The second-order valence-corrected chi connectivity index (χ2v) is 7.29. The average Bonchev–Trinajstić information content (AvgIpc) is 2.91. The fourth-order valence-electron chi connectivity index (χ4n) is 3.17. The van der Waals surface area contributed by atoms with Crippen molar-refractivity contribution in [2.24, 2.45) is 0 Å². The number of rotatable bonds is 0. The highest BCUT2D eigenvalue weighted by molar-refractivity contribution is 5.59. The smallest absolute Gasteiger partial charge is 0.0411 e. The molecule has 0 nitrogen and oxygen atoms in total. The van der Waals surface area contributed by atoms with E-state index < -0.39 is 0 Å². The Morgan fingerprint density at radius 2 is 0.735 bits per heavy atom. The van der Waals surface area contributed by atoms with Crippen LogP contribution in [-0.2, 0) is 0 Å². The van der Waals surface area contributed by atoms with Crippen LogP contribution in [0, 0.1) is 60.2 Å². The number of hydrogen-bond acceptors (Lipinski definition) is 0. The van der Waals surface area contributed by atoms with E-state index in [0.29, 0.717) is 11.1 Å². The van der Waals surface area contributed by atoms with Gasteiger partial charge in [0.1, 0.15) is 0 Å². The predicted octanol–water partition coefficient (Wildman–Crippen LogP) is 5.85. The predicted molar refractivity (Wildman–Crippen MR) is 140 cm³/mol. The molecule has 0 N–H and O–H groups in total. The first kappa shape index (κ1) is 21.9. The highest BCUT2D eigenvalue weighted by atomic mass is 14.0. The van der Waals surface area contributed by atoms with Crippen molar-refractivity contribution in [3.8, 4) is 60.2 Å². The van der Waals surface area contributed by atoms with Crippen molar-refractivity contribution >= 4 is 0 Å². The molecule has 0 radical (unpaired) electrons. The lowest BCUT2D eigenvalue weighted by Gasteiger charge is -2.00. The molecule has 34 heavy (non-hydrogen) atoms. The third-order valence-electron chi connectivity index (χ3n) is 4.93. The van der Waals surface area contributed by atoms with E-state index in [4.69, 9.17) is 12.8 Å². The van der Waals surface area contributed by atoms with E-state index in [1.807, 2.05) is 97.1 Å². The zero-order chi connectivity index (χ0) is 23.6. The van der Waals surface area contributed by atoms with Crippen molar-refractivity contribution in [1.29, 1.82) is 0 Å². The molecule has 154 valence electrons. The van der Waals surface area contributed by atoms with Crippen molar-refractivity contribution < 1.29 is 0 Å². The summed E-state index contributed by atoms with van der Waals surface area (Å²) in [5, 5.41) is 0. The van der Waals surface area contributed by atoms with Gasteiger partial charge in [0.15, 0.2) is 0 Å². The minimum absolute atomic E-state index is 0.694. The van der Waals surface area contributed by atoms with Gasteiger partial charge < -0.3 is 0 Å². The van der Waals surface area contributed by atoms with Crippen LogP contribution in [-0.4, -0.2) is 0 Å². The summed E-state index contributed by atoms with van der Waals surface area (Å²) in [6.07, 6.45) is 11.5. The van der Waals surface area contributed by atoms with Crippen LogP contribution < -0.4 is 0 Å². The number of terminal acetylenes is 2. The summed E-state index contributed by atoms with van der Waals surface area (Å²) in [7, 11) is 0. The van der Waals surface area contributed by atoms with E-state index in [1.54, 1.807) is 0 Å². The Balaban J connectivity index is 1.59. The molecule has 0 aliphatic carbocycles. The van der Waals surface area contributed by atoms with Gasteiger partial charge in [-0.05, 0) is 60.7 Å². The normalized spacial score (nSPS) is 9.00. The molecule has 0 spiro atoms. The fraction of sp³-hybridized carbons (Fsp3) is 0. The van der Waals surface area contributed by atoms with Gasteiger partial charge in [0.2, 0.25) is 0 Å². The molecule has 0 amide bonds. The van der Waals surface area contributed by atoms with E-state index in [9.17, 15) is 0 Å². The molecule has 0 atom stereocenters. The Morgan fingerprint density at radius 1 is 0.353 bits per heavy atom. The number of hydrogen-bond donors (Lipinski definition) is 0. The Bertz CT molecular complexity index is 1480. The molecule has 0 saturated heterocycles. The zero-order valence-electron chi connectivity index (χ0n) is 18.4. The summed E-state index contributed by atoms with van der Waals surface area (Å²) in [6.45, 7) is 0. The monoisotopic (exact) mass is 426 g/mol. The molecule has 4 rings (SSSR count). The van der Waals surface area contributed by atoms with Gasteiger partial charge in [0.05, 0.1) is 0 Å².